The monoisotopic (exact) mass is 240 g/mol. The Morgan fingerprint density at radius 3 is 1.88 bits per heavy atom. The van der Waals surface area contributed by atoms with Crippen molar-refractivity contribution in [2.75, 3.05) is 0 Å². The molecule has 1 aliphatic carbocycles. The fraction of sp³-hybridized carbons (Fsp3) is 0.929. The first-order valence-corrected chi connectivity index (χ1v) is 6.70. The first-order valence-electron chi connectivity index (χ1n) is 6.70. The van der Waals surface area contributed by atoms with Gasteiger partial charge in [0.25, 0.3) is 0 Å². The van der Waals surface area contributed by atoms with Crippen LogP contribution in [0.2, 0.25) is 0 Å². The minimum atomic E-state index is 0.0111. The maximum atomic E-state index is 11.5. The van der Waals surface area contributed by atoms with E-state index >= 15 is 0 Å². The van der Waals surface area contributed by atoms with Crippen molar-refractivity contribution in [3.63, 3.8) is 0 Å². The summed E-state index contributed by atoms with van der Waals surface area (Å²) in [7, 11) is 0. The molecule has 3 nitrogen and oxygen atoms in total. The molecule has 0 saturated heterocycles. The van der Waals surface area contributed by atoms with Gasteiger partial charge in [0, 0.05) is 5.92 Å². The van der Waals surface area contributed by atoms with Gasteiger partial charge in [-0.05, 0) is 42.4 Å². The second-order valence-corrected chi connectivity index (χ2v) is 7.03. The molecule has 0 atom stereocenters. The topological polar surface area (TPSA) is 55.1 Å². The maximum absolute atomic E-state index is 11.5. The lowest BCUT2D eigenvalue weighted by Gasteiger charge is -2.47. The summed E-state index contributed by atoms with van der Waals surface area (Å²) in [5.41, 5.74) is 2.90. The van der Waals surface area contributed by atoms with E-state index < -0.39 is 0 Å². The third kappa shape index (κ3) is 3.01. The molecule has 1 rings (SSSR count). The highest BCUT2D eigenvalue weighted by Gasteiger charge is 2.41. The molecule has 0 aromatic heterocycles. The SMILES string of the molecule is CC(C)(C)C(C)(C)C1CCC(C(=O)NN)CC1. The molecule has 0 unspecified atom stereocenters. The molecule has 1 aliphatic rings. The fourth-order valence-electron chi connectivity index (χ4n) is 2.81. The Bertz CT molecular complexity index is 270. The number of hydrogen-bond acceptors (Lipinski definition) is 2. The summed E-state index contributed by atoms with van der Waals surface area (Å²) in [6.45, 7) is 11.7. The van der Waals surface area contributed by atoms with Crippen LogP contribution < -0.4 is 11.3 Å². The molecule has 17 heavy (non-hydrogen) atoms. The van der Waals surface area contributed by atoms with Crippen LogP contribution in [-0.2, 0) is 4.79 Å². The molecule has 100 valence electrons. The van der Waals surface area contributed by atoms with Gasteiger partial charge in [-0.3, -0.25) is 10.2 Å². The predicted octanol–water partition coefficient (Wildman–Crippen LogP) is 2.86. The lowest BCUT2D eigenvalue weighted by molar-refractivity contribution is -0.127. The number of carbonyl (C=O) groups is 1. The molecule has 0 aromatic carbocycles. The van der Waals surface area contributed by atoms with Crippen LogP contribution >= 0.6 is 0 Å². The molecular formula is C14H28N2O. The fourth-order valence-corrected chi connectivity index (χ4v) is 2.81. The molecule has 0 aliphatic heterocycles. The molecule has 1 saturated carbocycles. The number of rotatable bonds is 2. The van der Waals surface area contributed by atoms with Gasteiger partial charge >= 0.3 is 0 Å². The molecular weight excluding hydrogens is 212 g/mol. The van der Waals surface area contributed by atoms with E-state index in [1.165, 1.54) is 0 Å². The molecule has 0 radical (unpaired) electrons. The number of hydrazine groups is 1. The molecule has 0 bridgehead atoms. The molecule has 3 N–H and O–H groups in total. The first-order chi connectivity index (χ1) is 7.70. The molecule has 1 fully saturated rings. The van der Waals surface area contributed by atoms with Crippen LogP contribution in [0.3, 0.4) is 0 Å². The van der Waals surface area contributed by atoms with Crippen molar-refractivity contribution in [2.24, 2.45) is 28.5 Å². The number of nitrogens with two attached hydrogens (primary N) is 1. The zero-order valence-corrected chi connectivity index (χ0v) is 12.0. The average Bonchev–Trinajstić information content (AvgIpc) is 2.26. The summed E-state index contributed by atoms with van der Waals surface area (Å²) in [4.78, 5) is 11.5. The third-order valence-corrected chi connectivity index (χ3v) is 5.19. The Morgan fingerprint density at radius 1 is 1.06 bits per heavy atom. The van der Waals surface area contributed by atoms with E-state index in [-0.39, 0.29) is 11.8 Å². The normalized spacial score (nSPS) is 26.7. The van der Waals surface area contributed by atoms with Gasteiger partial charge in [0.1, 0.15) is 0 Å². The van der Waals surface area contributed by atoms with Gasteiger partial charge in [-0.2, -0.15) is 0 Å². The van der Waals surface area contributed by atoms with Gasteiger partial charge in [-0.1, -0.05) is 34.6 Å². The number of nitrogens with one attached hydrogen (secondary N) is 1. The quantitative estimate of drug-likeness (QED) is 0.443. The van der Waals surface area contributed by atoms with Crippen LogP contribution in [-0.4, -0.2) is 5.91 Å². The zero-order valence-electron chi connectivity index (χ0n) is 12.0. The average molecular weight is 240 g/mol. The lowest BCUT2D eigenvalue weighted by atomic mass is 9.58. The van der Waals surface area contributed by atoms with E-state index in [1.54, 1.807) is 0 Å². The van der Waals surface area contributed by atoms with E-state index in [9.17, 15) is 4.79 Å². The molecule has 0 spiro atoms. The van der Waals surface area contributed by atoms with E-state index in [2.05, 4.69) is 40.0 Å². The molecule has 0 aromatic rings. The number of amides is 1. The van der Waals surface area contributed by atoms with Gasteiger partial charge in [0.2, 0.25) is 5.91 Å². The summed E-state index contributed by atoms with van der Waals surface area (Å²) >= 11 is 0. The summed E-state index contributed by atoms with van der Waals surface area (Å²) in [5.74, 6) is 6.05. The molecule has 0 heterocycles. The van der Waals surface area contributed by atoms with Crippen LogP contribution in [0.4, 0.5) is 0 Å². The van der Waals surface area contributed by atoms with Gasteiger partial charge in [-0.15, -0.1) is 0 Å². The van der Waals surface area contributed by atoms with Crippen molar-refractivity contribution in [1.29, 1.82) is 0 Å². The molecule has 3 heteroatoms. The number of hydrogen-bond donors (Lipinski definition) is 2. The largest absolute Gasteiger partial charge is 0.294 e. The highest BCUT2D eigenvalue weighted by Crippen LogP contribution is 2.50. The van der Waals surface area contributed by atoms with Crippen LogP contribution in [0.15, 0.2) is 0 Å². The molecule has 1 amide bonds. The highest BCUT2D eigenvalue weighted by atomic mass is 16.2. The predicted molar refractivity (Wildman–Crippen MR) is 71.0 cm³/mol. The van der Waals surface area contributed by atoms with E-state index in [4.69, 9.17) is 5.84 Å². The number of carbonyl (C=O) groups excluding carboxylic acids is 1. The van der Waals surface area contributed by atoms with Crippen molar-refractivity contribution < 1.29 is 4.79 Å². The summed E-state index contributed by atoms with van der Waals surface area (Å²) in [6, 6.07) is 0. The van der Waals surface area contributed by atoms with Crippen LogP contribution in [0, 0.1) is 22.7 Å². The summed E-state index contributed by atoms with van der Waals surface area (Å²) in [6.07, 6.45) is 4.24. The minimum absolute atomic E-state index is 0.0111. The lowest BCUT2D eigenvalue weighted by Crippen LogP contribution is -2.42. The summed E-state index contributed by atoms with van der Waals surface area (Å²) in [5, 5.41) is 0. The Labute approximate surface area is 105 Å². The van der Waals surface area contributed by atoms with Gasteiger partial charge in [0.05, 0.1) is 0 Å². The van der Waals surface area contributed by atoms with E-state index in [0.717, 1.165) is 25.7 Å². The Balaban J connectivity index is 2.61. The van der Waals surface area contributed by atoms with E-state index in [0.29, 0.717) is 16.7 Å². The minimum Gasteiger partial charge on any atom is -0.294 e. The standard InChI is InChI=1S/C14H28N2O/c1-13(2,3)14(4,5)11-8-6-10(7-9-11)12(17)16-15/h10-11H,6-9,15H2,1-5H3,(H,16,17). The van der Waals surface area contributed by atoms with Crippen molar-refractivity contribution in [1.82, 2.24) is 5.43 Å². The van der Waals surface area contributed by atoms with Gasteiger partial charge in [0.15, 0.2) is 0 Å². The van der Waals surface area contributed by atoms with Crippen molar-refractivity contribution in [3.05, 3.63) is 0 Å². The highest BCUT2D eigenvalue weighted by molar-refractivity contribution is 5.77. The van der Waals surface area contributed by atoms with Crippen LogP contribution in [0.1, 0.15) is 60.3 Å². The summed E-state index contributed by atoms with van der Waals surface area (Å²) < 4.78 is 0. The second-order valence-electron chi connectivity index (χ2n) is 7.03. The van der Waals surface area contributed by atoms with Gasteiger partial charge in [-0.25, -0.2) is 5.84 Å². The third-order valence-electron chi connectivity index (χ3n) is 5.19. The Hall–Kier alpha value is -0.570. The van der Waals surface area contributed by atoms with Crippen molar-refractivity contribution >= 4 is 5.91 Å². The van der Waals surface area contributed by atoms with Crippen LogP contribution in [0.25, 0.3) is 0 Å². The Kier molecular flexibility index (Phi) is 4.23. The van der Waals surface area contributed by atoms with Crippen molar-refractivity contribution in [2.45, 2.75) is 60.3 Å². The second kappa shape index (κ2) is 4.97. The smallest absolute Gasteiger partial charge is 0.236 e. The van der Waals surface area contributed by atoms with Crippen LogP contribution in [0.5, 0.6) is 0 Å². The van der Waals surface area contributed by atoms with Gasteiger partial charge < -0.3 is 0 Å². The van der Waals surface area contributed by atoms with Crippen molar-refractivity contribution in [3.8, 4) is 0 Å². The van der Waals surface area contributed by atoms with E-state index in [1.807, 2.05) is 0 Å². The first kappa shape index (κ1) is 14.5. The Morgan fingerprint density at radius 2 is 1.53 bits per heavy atom. The maximum Gasteiger partial charge on any atom is 0.236 e. The zero-order chi connectivity index (χ0) is 13.3.